The molecule has 1 aliphatic heterocycles. The van der Waals surface area contributed by atoms with Gasteiger partial charge >= 0.3 is 0 Å². The molecule has 1 aliphatic carbocycles. The molecular formula is C20H26N4OS. The SMILES string of the molecule is O=C(NCC1CCN(c2ncccn2)CC1)C1(c2cccs2)CCCC1. The summed E-state index contributed by atoms with van der Waals surface area (Å²) in [6.45, 7) is 2.71. The molecule has 2 aromatic heterocycles. The predicted molar refractivity (Wildman–Crippen MR) is 104 cm³/mol. The molecule has 1 N–H and O–H groups in total. The minimum Gasteiger partial charge on any atom is -0.355 e. The van der Waals surface area contributed by atoms with E-state index in [1.54, 1.807) is 23.7 Å². The summed E-state index contributed by atoms with van der Waals surface area (Å²) in [7, 11) is 0. The zero-order valence-corrected chi connectivity index (χ0v) is 15.9. The van der Waals surface area contributed by atoms with Gasteiger partial charge in [-0.3, -0.25) is 4.79 Å². The Morgan fingerprint density at radius 3 is 2.58 bits per heavy atom. The largest absolute Gasteiger partial charge is 0.355 e. The molecule has 0 unspecified atom stereocenters. The summed E-state index contributed by atoms with van der Waals surface area (Å²) in [5, 5.41) is 5.38. The van der Waals surface area contributed by atoms with Gasteiger partial charge in [0.1, 0.15) is 0 Å². The summed E-state index contributed by atoms with van der Waals surface area (Å²) in [6, 6.07) is 6.04. The van der Waals surface area contributed by atoms with Crippen LogP contribution in [0.2, 0.25) is 0 Å². The lowest BCUT2D eigenvalue weighted by atomic mass is 9.83. The van der Waals surface area contributed by atoms with Crippen LogP contribution in [0.1, 0.15) is 43.4 Å². The van der Waals surface area contributed by atoms with E-state index in [1.807, 2.05) is 6.07 Å². The fourth-order valence-electron chi connectivity index (χ4n) is 4.31. The van der Waals surface area contributed by atoms with Crippen LogP contribution < -0.4 is 10.2 Å². The molecule has 6 heteroatoms. The molecule has 4 rings (SSSR count). The van der Waals surface area contributed by atoms with E-state index in [-0.39, 0.29) is 11.3 Å². The first-order valence-electron chi connectivity index (χ1n) is 9.62. The summed E-state index contributed by atoms with van der Waals surface area (Å²) in [6.07, 6.45) is 10.0. The molecule has 0 atom stereocenters. The number of thiophene rings is 1. The van der Waals surface area contributed by atoms with Gasteiger partial charge < -0.3 is 10.2 Å². The molecule has 2 aliphatic rings. The van der Waals surface area contributed by atoms with Gasteiger partial charge in [-0.25, -0.2) is 9.97 Å². The number of hydrogen-bond donors (Lipinski definition) is 1. The molecule has 5 nitrogen and oxygen atoms in total. The molecule has 26 heavy (non-hydrogen) atoms. The summed E-state index contributed by atoms with van der Waals surface area (Å²) in [5.74, 6) is 1.60. The van der Waals surface area contributed by atoms with Crippen LogP contribution in [0.5, 0.6) is 0 Å². The third kappa shape index (κ3) is 3.47. The van der Waals surface area contributed by atoms with E-state index in [1.165, 1.54) is 4.88 Å². The fourth-order valence-corrected chi connectivity index (χ4v) is 5.30. The Balaban J connectivity index is 1.31. The molecule has 2 fully saturated rings. The van der Waals surface area contributed by atoms with Gasteiger partial charge in [-0.05, 0) is 49.1 Å². The molecule has 0 bridgehead atoms. The quantitative estimate of drug-likeness (QED) is 0.877. The molecule has 3 heterocycles. The lowest BCUT2D eigenvalue weighted by Gasteiger charge is -2.33. The standard InChI is InChI=1S/C20H26N4OS/c25-18(20(8-1-2-9-20)17-5-3-14-26-17)23-15-16-6-12-24(13-7-16)19-21-10-4-11-22-19/h3-5,10-11,14,16H,1-2,6-9,12-13,15H2,(H,23,25). The number of amides is 1. The maximum absolute atomic E-state index is 13.1. The van der Waals surface area contributed by atoms with E-state index >= 15 is 0 Å². The molecule has 0 aromatic carbocycles. The van der Waals surface area contributed by atoms with E-state index in [0.29, 0.717) is 5.92 Å². The lowest BCUT2D eigenvalue weighted by Crippen LogP contribution is -2.45. The number of nitrogens with zero attached hydrogens (tertiary/aromatic N) is 3. The highest BCUT2D eigenvalue weighted by molar-refractivity contribution is 7.10. The van der Waals surface area contributed by atoms with Crippen molar-refractivity contribution in [3.8, 4) is 0 Å². The molecule has 0 spiro atoms. The highest BCUT2D eigenvalue weighted by Crippen LogP contribution is 2.43. The van der Waals surface area contributed by atoms with Gasteiger partial charge in [0.25, 0.3) is 0 Å². The van der Waals surface area contributed by atoms with E-state index in [4.69, 9.17) is 0 Å². The molecule has 138 valence electrons. The van der Waals surface area contributed by atoms with Crippen molar-refractivity contribution in [2.45, 2.75) is 43.9 Å². The minimum absolute atomic E-state index is 0.242. The first-order valence-corrected chi connectivity index (χ1v) is 10.5. The van der Waals surface area contributed by atoms with Gasteiger partial charge in [0, 0.05) is 36.9 Å². The third-order valence-electron chi connectivity index (χ3n) is 5.89. The number of rotatable bonds is 5. The van der Waals surface area contributed by atoms with Crippen molar-refractivity contribution >= 4 is 23.2 Å². The Hall–Kier alpha value is -1.95. The number of hydrogen-bond acceptors (Lipinski definition) is 5. The van der Waals surface area contributed by atoms with Crippen LogP contribution in [-0.4, -0.2) is 35.5 Å². The van der Waals surface area contributed by atoms with Crippen LogP contribution in [0.15, 0.2) is 36.0 Å². The highest BCUT2D eigenvalue weighted by atomic mass is 32.1. The maximum atomic E-state index is 13.1. The number of carbonyl (C=O) groups excluding carboxylic acids is 1. The number of nitrogens with one attached hydrogen (secondary N) is 1. The maximum Gasteiger partial charge on any atom is 0.231 e. The molecule has 1 amide bonds. The third-order valence-corrected chi connectivity index (χ3v) is 6.96. The average molecular weight is 371 g/mol. The Kier molecular flexibility index (Phi) is 5.20. The fraction of sp³-hybridized carbons (Fsp3) is 0.550. The number of piperidine rings is 1. The Labute approximate surface area is 158 Å². The van der Waals surface area contributed by atoms with Crippen LogP contribution in [0.4, 0.5) is 5.95 Å². The van der Waals surface area contributed by atoms with Crippen molar-refractivity contribution < 1.29 is 4.79 Å². The second-order valence-electron chi connectivity index (χ2n) is 7.46. The van der Waals surface area contributed by atoms with E-state index in [9.17, 15) is 4.79 Å². The van der Waals surface area contributed by atoms with E-state index < -0.39 is 0 Å². The monoisotopic (exact) mass is 370 g/mol. The molecule has 0 radical (unpaired) electrons. The minimum atomic E-state index is -0.271. The Bertz CT molecular complexity index is 705. The van der Waals surface area contributed by atoms with Crippen molar-refractivity contribution in [3.63, 3.8) is 0 Å². The zero-order chi connectivity index (χ0) is 17.8. The van der Waals surface area contributed by atoms with Crippen molar-refractivity contribution in [3.05, 3.63) is 40.8 Å². The molecule has 1 saturated heterocycles. The average Bonchev–Trinajstić information content (AvgIpc) is 3.39. The normalized spacial score (nSPS) is 20.2. The zero-order valence-electron chi connectivity index (χ0n) is 15.1. The summed E-state index contributed by atoms with van der Waals surface area (Å²) in [4.78, 5) is 25.2. The Morgan fingerprint density at radius 2 is 1.92 bits per heavy atom. The van der Waals surface area contributed by atoms with Crippen LogP contribution in [-0.2, 0) is 10.2 Å². The second-order valence-corrected chi connectivity index (χ2v) is 8.40. The topological polar surface area (TPSA) is 58.1 Å². The van der Waals surface area contributed by atoms with Crippen LogP contribution in [0.3, 0.4) is 0 Å². The van der Waals surface area contributed by atoms with Crippen molar-refractivity contribution in [1.29, 1.82) is 0 Å². The highest BCUT2D eigenvalue weighted by Gasteiger charge is 2.43. The molecule has 1 saturated carbocycles. The summed E-state index contributed by atoms with van der Waals surface area (Å²) in [5.41, 5.74) is -0.271. The first-order chi connectivity index (χ1) is 12.8. The van der Waals surface area contributed by atoms with E-state index in [0.717, 1.165) is 64.1 Å². The van der Waals surface area contributed by atoms with Gasteiger partial charge in [-0.2, -0.15) is 0 Å². The van der Waals surface area contributed by atoms with Crippen molar-refractivity contribution in [2.24, 2.45) is 5.92 Å². The Morgan fingerprint density at radius 1 is 1.19 bits per heavy atom. The van der Waals surface area contributed by atoms with Crippen molar-refractivity contribution in [2.75, 3.05) is 24.5 Å². The smallest absolute Gasteiger partial charge is 0.231 e. The van der Waals surface area contributed by atoms with E-state index in [2.05, 4.69) is 37.7 Å². The van der Waals surface area contributed by atoms with Crippen molar-refractivity contribution in [1.82, 2.24) is 15.3 Å². The van der Waals surface area contributed by atoms with Gasteiger partial charge in [-0.15, -0.1) is 11.3 Å². The number of carbonyl (C=O) groups is 1. The predicted octanol–water partition coefficient (Wildman–Crippen LogP) is 3.38. The number of aromatic nitrogens is 2. The lowest BCUT2D eigenvalue weighted by molar-refractivity contribution is -0.126. The van der Waals surface area contributed by atoms with Crippen LogP contribution >= 0.6 is 11.3 Å². The van der Waals surface area contributed by atoms with Gasteiger partial charge in [-0.1, -0.05) is 18.9 Å². The number of anilines is 1. The second kappa shape index (κ2) is 7.74. The summed E-state index contributed by atoms with van der Waals surface area (Å²) < 4.78 is 0. The van der Waals surface area contributed by atoms with Gasteiger partial charge in [0.05, 0.1) is 5.41 Å². The molecular weight excluding hydrogens is 344 g/mol. The van der Waals surface area contributed by atoms with Gasteiger partial charge in [0.2, 0.25) is 11.9 Å². The van der Waals surface area contributed by atoms with Crippen LogP contribution in [0, 0.1) is 5.92 Å². The summed E-state index contributed by atoms with van der Waals surface area (Å²) >= 11 is 1.73. The van der Waals surface area contributed by atoms with Crippen LogP contribution in [0.25, 0.3) is 0 Å². The first kappa shape index (κ1) is 17.5. The van der Waals surface area contributed by atoms with Gasteiger partial charge in [0.15, 0.2) is 0 Å². The molecule has 2 aromatic rings.